The van der Waals surface area contributed by atoms with E-state index >= 15 is 0 Å². The fraction of sp³-hybridized carbons (Fsp3) is 0.0417. The van der Waals surface area contributed by atoms with E-state index in [0.29, 0.717) is 23.0 Å². The summed E-state index contributed by atoms with van der Waals surface area (Å²) in [5.74, 6) is 1.62. The van der Waals surface area contributed by atoms with E-state index in [1.807, 2.05) is 78.9 Å². The molecule has 7 aromatic carbocycles. The molecule has 250 valence electrons. The standard InChI is InChI=1S/C48H33N5/c1-31-11-9-17-36(25-31)38-20-23-43-40(28-38)41-29-39(37-18-10-12-32(2)26-37)21-24-44(41)53(43)45-22-19-33(30-49)27-42(45)48-51-46(34-13-5-3-6-14-34)50-47(52-48)35-15-7-4-8-16-35/h3-29H,1-2H3. The Balaban J connectivity index is 1.33. The average Bonchev–Trinajstić information content (AvgIpc) is 3.54. The number of hydrogen-bond donors (Lipinski definition) is 0. The summed E-state index contributed by atoms with van der Waals surface area (Å²) < 4.78 is 2.29. The molecule has 2 heterocycles. The highest BCUT2D eigenvalue weighted by atomic mass is 15.1. The van der Waals surface area contributed by atoms with Crippen molar-refractivity contribution in [1.82, 2.24) is 19.5 Å². The molecule has 0 amide bonds. The van der Waals surface area contributed by atoms with Crippen LogP contribution < -0.4 is 0 Å². The van der Waals surface area contributed by atoms with Gasteiger partial charge in [-0.2, -0.15) is 5.26 Å². The van der Waals surface area contributed by atoms with Crippen molar-refractivity contribution >= 4 is 21.8 Å². The molecular weight excluding hydrogens is 647 g/mol. The number of aryl methyl sites for hydroxylation is 2. The summed E-state index contributed by atoms with van der Waals surface area (Å²) in [5.41, 5.74) is 13.1. The van der Waals surface area contributed by atoms with Gasteiger partial charge in [-0.1, -0.05) is 132 Å². The predicted octanol–water partition coefficient (Wildman–Crippen LogP) is 11.8. The molecule has 0 N–H and O–H groups in total. The molecular formula is C48H33N5. The van der Waals surface area contributed by atoms with Crippen molar-refractivity contribution < 1.29 is 0 Å². The number of hydrogen-bond acceptors (Lipinski definition) is 4. The van der Waals surface area contributed by atoms with E-state index in [1.165, 1.54) is 22.3 Å². The molecule has 0 aliphatic heterocycles. The van der Waals surface area contributed by atoms with Crippen molar-refractivity contribution in [1.29, 1.82) is 5.26 Å². The number of benzene rings is 7. The van der Waals surface area contributed by atoms with Crippen molar-refractivity contribution in [3.05, 3.63) is 180 Å². The number of nitrogens with zero attached hydrogens (tertiary/aromatic N) is 5. The summed E-state index contributed by atoms with van der Waals surface area (Å²) in [6.45, 7) is 4.25. The number of nitriles is 1. The second-order valence-corrected chi connectivity index (χ2v) is 13.4. The second-order valence-electron chi connectivity index (χ2n) is 13.4. The lowest BCUT2D eigenvalue weighted by atomic mass is 9.99. The molecule has 53 heavy (non-hydrogen) atoms. The van der Waals surface area contributed by atoms with Gasteiger partial charge in [-0.3, -0.25) is 0 Å². The van der Waals surface area contributed by atoms with Crippen LogP contribution in [0.5, 0.6) is 0 Å². The minimum atomic E-state index is 0.493. The van der Waals surface area contributed by atoms with Gasteiger partial charge in [0.25, 0.3) is 0 Å². The van der Waals surface area contributed by atoms with Crippen molar-refractivity contribution in [3.8, 4) is 68.2 Å². The third-order valence-corrected chi connectivity index (χ3v) is 9.77. The lowest BCUT2D eigenvalue weighted by Gasteiger charge is -2.15. The summed E-state index contributed by atoms with van der Waals surface area (Å²) in [4.78, 5) is 15.1. The van der Waals surface area contributed by atoms with Crippen molar-refractivity contribution in [3.63, 3.8) is 0 Å². The molecule has 0 aliphatic carbocycles. The van der Waals surface area contributed by atoms with Crippen LogP contribution in [0.15, 0.2) is 164 Å². The van der Waals surface area contributed by atoms with Gasteiger partial charge in [0.1, 0.15) is 0 Å². The molecule has 0 atom stereocenters. The van der Waals surface area contributed by atoms with Gasteiger partial charge in [0.2, 0.25) is 0 Å². The first-order valence-electron chi connectivity index (χ1n) is 17.7. The zero-order chi connectivity index (χ0) is 35.9. The van der Waals surface area contributed by atoms with Gasteiger partial charge in [0, 0.05) is 27.5 Å². The molecule has 0 radical (unpaired) electrons. The smallest absolute Gasteiger partial charge is 0.166 e. The molecule has 5 heteroatoms. The van der Waals surface area contributed by atoms with Crippen LogP contribution in [-0.2, 0) is 0 Å². The predicted molar refractivity (Wildman–Crippen MR) is 216 cm³/mol. The summed E-state index contributed by atoms with van der Waals surface area (Å²) in [7, 11) is 0. The van der Waals surface area contributed by atoms with E-state index in [4.69, 9.17) is 15.0 Å². The molecule has 0 aliphatic rings. The molecule has 0 spiro atoms. The van der Waals surface area contributed by atoms with E-state index in [1.54, 1.807) is 0 Å². The fourth-order valence-corrected chi connectivity index (χ4v) is 7.20. The van der Waals surface area contributed by atoms with Crippen LogP contribution in [0, 0.1) is 25.2 Å². The summed E-state index contributed by atoms with van der Waals surface area (Å²) in [6.07, 6.45) is 0. The maximum Gasteiger partial charge on any atom is 0.166 e. The molecule has 2 aromatic heterocycles. The Labute approximate surface area is 308 Å². The van der Waals surface area contributed by atoms with Crippen molar-refractivity contribution in [2.24, 2.45) is 0 Å². The van der Waals surface area contributed by atoms with Gasteiger partial charge >= 0.3 is 0 Å². The Morgan fingerprint density at radius 2 is 0.906 bits per heavy atom. The van der Waals surface area contributed by atoms with Crippen molar-refractivity contribution in [2.45, 2.75) is 13.8 Å². The largest absolute Gasteiger partial charge is 0.308 e. The maximum absolute atomic E-state index is 10.1. The minimum absolute atomic E-state index is 0.493. The van der Waals surface area contributed by atoms with Gasteiger partial charge in [-0.25, -0.2) is 15.0 Å². The van der Waals surface area contributed by atoms with Crippen molar-refractivity contribution in [2.75, 3.05) is 0 Å². The third-order valence-electron chi connectivity index (χ3n) is 9.77. The quantitative estimate of drug-likeness (QED) is 0.175. The van der Waals surface area contributed by atoms with Gasteiger partial charge in [-0.15, -0.1) is 0 Å². The van der Waals surface area contributed by atoms with Crippen LogP contribution in [0.25, 0.3) is 83.9 Å². The number of aromatic nitrogens is 4. The maximum atomic E-state index is 10.1. The molecule has 0 unspecified atom stereocenters. The van der Waals surface area contributed by atoms with Crippen LogP contribution in [0.1, 0.15) is 16.7 Å². The van der Waals surface area contributed by atoms with Crippen LogP contribution in [0.4, 0.5) is 0 Å². The van der Waals surface area contributed by atoms with E-state index < -0.39 is 0 Å². The SMILES string of the molecule is Cc1cccc(-c2ccc3c(c2)c2cc(-c4cccc(C)c4)ccc2n3-c2ccc(C#N)cc2-c2nc(-c3ccccc3)nc(-c3ccccc3)n2)c1. The van der Waals surface area contributed by atoms with Gasteiger partial charge in [0.15, 0.2) is 17.5 Å². The highest BCUT2D eigenvalue weighted by molar-refractivity contribution is 6.12. The van der Waals surface area contributed by atoms with Gasteiger partial charge in [0.05, 0.1) is 28.4 Å². The third kappa shape index (κ3) is 5.93. The molecule has 5 nitrogen and oxygen atoms in total. The Morgan fingerprint density at radius 1 is 0.434 bits per heavy atom. The normalized spacial score (nSPS) is 11.2. The van der Waals surface area contributed by atoms with E-state index in [0.717, 1.165) is 55.3 Å². The van der Waals surface area contributed by atoms with Crippen LogP contribution >= 0.6 is 0 Å². The monoisotopic (exact) mass is 679 g/mol. The first-order chi connectivity index (χ1) is 26.0. The molecule has 9 aromatic rings. The molecule has 9 rings (SSSR count). The Morgan fingerprint density at radius 3 is 1.40 bits per heavy atom. The number of fused-ring (bicyclic) bond motifs is 3. The van der Waals surface area contributed by atoms with Crippen LogP contribution in [-0.4, -0.2) is 19.5 Å². The van der Waals surface area contributed by atoms with Gasteiger partial charge in [-0.05, 0) is 78.6 Å². The number of rotatable bonds is 6. The molecule has 0 fully saturated rings. The minimum Gasteiger partial charge on any atom is -0.308 e. The second kappa shape index (κ2) is 13.2. The zero-order valence-corrected chi connectivity index (χ0v) is 29.3. The highest BCUT2D eigenvalue weighted by Gasteiger charge is 2.21. The van der Waals surface area contributed by atoms with E-state index in [2.05, 4.69) is 109 Å². The lowest BCUT2D eigenvalue weighted by Crippen LogP contribution is -2.04. The molecule has 0 saturated heterocycles. The molecule has 0 saturated carbocycles. The first kappa shape index (κ1) is 31.8. The molecule has 0 bridgehead atoms. The fourth-order valence-electron chi connectivity index (χ4n) is 7.20. The Hall–Kier alpha value is -7.16. The lowest BCUT2D eigenvalue weighted by molar-refractivity contribution is 1.06. The van der Waals surface area contributed by atoms with E-state index in [9.17, 15) is 5.26 Å². The summed E-state index contributed by atoms with van der Waals surface area (Å²) in [5, 5.41) is 12.4. The van der Waals surface area contributed by atoms with Crippen LogP contribution in [0.3, 0.4) is 0 Å². The van der Waals surface area contributed by atoms with Gasteiger partial charge < -0.3 is 4.57 Å². The van der Waals surface area contributed by atoms with E-state index in [-0.39, 0.29) is 0 Å². The summed E-state index contributed by atoms with van der Waals surface area (Å²) >= 11 is 0. The average molecular weight is 680 g/mol. The van der Waals surface area contributed by atoms with Crippen LogP contribution in [0.2, 0.25) is 0 Å². The Bertz CT molecular complexity index is 2700. The topological polar surface area (TPSA) is 67.4 Å². The Kier molecular flexibility index (Phi) is 7.91. The summed E-state index contributed by atoms with van der Waals surface area (Å²) in [6, 6.07) is 58.7. The zero-order valence-electron chi connectivity index (χ0n) is 29.3. The first-order valence-corrected chi connectivity index (χ1v) is 17.7. The highest BCUT2D eigenvalue weighted by Crippen LogP contribution is 2.40.